The van der Waals surface area contributed by atoms with E-state index in [1.165, 1.54) is 16.7 Å². The molecule has 0 bridgehead atoms. The lowest BCUT2D eigenvalue weighted by Crippen LogP contribution is -2.04. The summed E-state index contributed by atoms with van der Waals surface area (Å²) in [6, 6.07) is 15.8. The molecule has 0 amide bonds. The fourth-order valence-electron chi connectivity index (χ4n) is 2.85. The maximum atomic E-state index is 12.9. The minimum atomic E-state index is -0.159. The van der Waals surface area contributed by atoms with Crippen LogP contribution in [-0.2, 0) is 19.3 Å². The summed E-state index contributed by atoms with van der Waals surface area (Å²) in [4.78, 5) is 0. The average Bonchev–Trinajstić information content (AvgIpc) is 2.41. The highest BCUT2D eigenvalue weighted by molar-refractivity contribution is 5.25. The Hall–Kier alpha value is -1.63. The van der Waals surface area contributed by atoms with Crippen LogP contribution in [-0.4, -0.2) is 0 Å². The quantitative estimate of drug-likeness (QED) is 0.662. The number of halogens is 1. The molecule has 0 spiro atoms. The van der Waals surface area contributed by atoms with E-state index in [0.717, 1.165) is 19.3 Å². The maximum absolute atomic E-state index is 12.9. The highest BCUT2D eigenvalue weighted by Gasteiger charge is 2.07. The Morgan fingerprint density at radius 2 is 1.33 bits per heavy atom. The predicted octanol–water partition coefficient (Wildman–Crippen LogP) is 5.45. The third-order valence-corrected chi connectivity index (χ3v) is 3.72. The first kappa shape index (κ1) is 15.8. The molecule has 0 aromatic heterocycles. The van der Waals surface area contributed by atoms with E-state index in [0.29, 0.717) is 11.8 Å². The van der Waals surface area contributed by atoms with E-state index in [1.807, 2.05) is 12.1 Å². The van der Waals surface area contributed by atoms with Gasteiger partial charge >= 0.3 is 0 Å². The van der Waals surface area contributed by atoms with Crippen molar-refractivity contribution in [3.63, 3.8) is 0 Å². The van der Waals surface area contributed by atoms with Crippen LogP contribution < -0.4 is 0 Å². The van der Waals surface area contributed by atoms with Crippen molar-refractivity contribution in [2.24, 2.45) is 11.8 Å². The molecule has 21 heavy (non-hydrogen) atoms. The number of hydrogen-bond donors (Lipinski definition) is 0. The van der Waals surface area contributed by atoms with Crippen molar-refractivity contribution in [1.29, 1.82) is 0 Å². The molecule has 1 unspecified atom stereocenters. The monoisotopic (exact) mass is 284 g/mol. The van der Waals surface area contributed by atoms with Crippen LogP contribution in [0.25, 0.3) is 0 Å². The van der Waals surface area contributed by atoms with Gasteiger partial charge in [-0.15, -0.1) is 0 Å². The SMILES string of the molecule is CC(C)Cc1cccc(CC(C)Cc2ccc(F)cc2)c1. The second kappa shape index (κ2) is 7.40. The molecule has 0 heterocycles. The van der Waals surface area contributed by atoms with E-state index in [1.54, 1.807) is 12.1 Å². The van der Waals surface area contributed by atoms with Crippen LogP contribution in [0.3, 0.4) is 0 Å². The van der Waals surface area contributed by atoms with Crippen LogP contribution in [0.1, 0.15) is 37.5 Å². The van der Waals surface area contributed by atoms with Crippen LogP contribution in [0.15, 0.2) is 48.5 Å². The molecular weight excluding hydrogens is 259 g/mol. The van der Waals surface area contributed by atoms with E-state index in [9.17, 15) is 4.39 Å². The van der Waals surface area contributed by atoms with Crippen molar-refractivity contribution in [3.05, 3.63) is 71.0 Å². The molecule has 0 saturated heterocycles. The maximum Gasteiger partial charge on any atom is 0.123 e. The third kappa shape index (κ3) is 5.34. The molecule has 0 saturated carbocycles. The zero-order valence-electron chi connectivity index (χ0n) is 13.3. The summed E-state index contributed by atoms with van der Waals surface area (Å²) in [6.07, 6.45) is 3.21. The first-order valence-electron chi connectivity index (χ1n) is 7.85. The lowest BCUT2D eigenvalue weighted by molar-refractivity contribution is 0.573. The molecule has 0 nitrogen and oxygen atoms in total. The predicted molar refractivity (Wildman–Crippen MR) is 88.0 cm³/mol. The van der Waals surface area contributed by atoms with Gasteiger partial charge in [-0.3, -0.25) is 0 Å². The average molecular weight is 284 g/mol. The van der Waals surface area contributed by atoms with Gasteiger partial charge in [0.25, 0.3) is 0 Å². The van der Waals surface area contributed by atoms with Gasteiger partial charge in [0.2, 0.25) is 0 Å². The Labute approximate surface area is 128 Å². The molecule has 112 valence electrons. The molecule has 0 aliphatic carbocycles. The number of benzene rings is 2. The molecule has 0 aliphatic rings. The summed E-state index contributed by atoms with van der Waals surface area (Å²) in [5.74, 6) is 1.09. The van der Waals surface area contributed by atoms with Crippen LogP contribution in [0.4, 0.5) is 4.39 Å². The van der Waals surface area contributed by atoms with Crippen LogP contribution in [0, 0.1) is 17.7 Å². The molecule has 2 aromatic carbocycles. The van der Waals surface area contributed by atoms with E-state index < -0.39 is 0 Å². The van der Waals surface area contributed by atoms with Crippen molar-refractivity contribution in [2.45, 2.75) is 40.0 Å². The van der Waals surface area contributed by atoms with Gasteiger partial charge in [0.15, 0.2) is 0 Å². The van der Waals surface area contributed by atoms with Gasteiger partial charge in [-0.2, -0.15) is 0 Å². The summed E-state index contributed by atoms with van der Waals surface area (Å²) >= 11 is 0. The Bertz CT molecular complexity index is 554. The first-order valence-corrected chi connectivity index (χ1v) is 7.85. The van der Waals surface area contributed by atoms with Crippen molar-refractivity contribution in [3.8, 4) is 0 Å². The van der Waals surface area contributed by atoms with Gasteiger partial charge in [0.1, 0.15) is 5.82 Å². The molecule has 0 N–H and O–H groups in total. The highest BCUT2D eigenvalue weighted by atomic mass is 19.1. The molecule has 0 fully saturated rings. The zero-order valence-corrected chi connectivity index (χ0v) is 13.3. The Morgan fingerprint density at radius 1 is 0.762 bits per heavy atom. The minimum absolute atomic E-state index is 0.159. The smallest absolute Gasteiger partial charge is 0.123 e. The van der Waals surface area contributed by atoms with Crippen molar-refractivity contribution in [1.82, 2.24) is 0 Å². The minimum Gasteiger partial charge on any atom is -0.207 e. The van der Waals surface area contributed by atoms with Crippen LogP contribution in [0.5, 0.6) is 0 Å². The van der Waals surface area contributed by atoms with Gasteiger partial charge in [0, 0.05) is 0 Å². The molecule has 2 aromatic rings. The summed E-state index contributed by atoms with van der Waals surface area (Å²) in [5.41, 5.74) is 4.04. The highest BCUT2D eigenvalue weighted by Crippen LogP contribution is 2.17. The lowest BCUT2D eigenvalue weighted by Gasteiger charge is -2.13. The number of hydrogen-bond acceptors (Lipinski definition) is 0. The summed E-state index contributed by atoms with van der Waals surface area (Å²) < 4.78 is 12.9. The van der Waals surface area contributed by atoms with E-state index in [-0.39, 0.29) is 5.82 Å². The molecule has 0 aliphatic heterocycles. The lowest BCUT2D eigenvalue weighted by atomic mass is 9.92. The van der Waals surface area contributed by atoms with Crippen molar-refractivity contribution >= 4 is 0 Å². The van der Waals surface area contributed by atoms with Crippen molar-refractivity contribution < 1.29 is 4.39 Å². The molecule has 2 rings (SSSR count). The number of rotatable bonds is 6. The normalized spacial score (nSPS) is 12.6. The molecule has 1 heteroatoms. The Balaban J connectivity index is 1.95. The van der Waals surface area contributed by atoms with E-state index in [4.69, 9.17) is 0 Å². The van der Waals surface area contributed by atoms with Crippen molar-refractivity contribution in [2.75, 3.05) is 0 Å². The molecule has 1 atom stereocenters. The molecule has 0 radical (unpaired) electrons. The largest absolute Gasteiger partial charge is 0.207 e. The summed E-state index contributed by atoms with van der Waals surface area (Å²) in [6.45, 7) is 6.77. The van der Waals surface area contributed by atoms with Gasteiger partial charge < -0.3 is 0 Å². The van der Waals surface area contributed by atoms with Gasteiger partial charge in [-0.1, -0.05) is 57.2 Å². The van der Waals surface area contributed by atoms with Crippen LogP contribution >= 0.6 is 0 Å². The third-order valence-electron chi connectivity index (χ3n) is 3.72. The van der Waals surface area contributed by atoms with Gasteiger partial charge in [0.05, 0.1) is 0 Å². The Morgan fingerprint density at radius 3 is 1.95 bits per heavy atom. The second-order valence-corrected chi connectivity index (χ2v) is 6.56. The van der Waals surface area contributed by atoms with E-state index in [2.05, 4.69) is 45.0 Å². The standard InChI is InChI=1S/C20H25F/c1-15(2)11-18-5-4-6-19(14-18)13-16(3)12-17-7-9-20(21)10-8-17/h4-10,14-16H,11-13H2,1-3H3. The fourth-order valence-corrected chi connectivity index (χ4v) is 2.85. The zero-order chi connectivity index (χ0) is 15.2. The fraction of sp³-hybridized carbons (Fsp3) is 0.400. The summed E-state index contributed by atoms with van der Waals surface area (Å²) in [5, 5.41) is 0. The van der Waals surface area contributed by atoms with E-state index >= 15 is 0 Å². The topological polar surface area (TPSA) is 0 Å². The van der Waals surface area contributed by atoms with Gasteiger partial charge in [-0.25, -0.2) is 4.39 Å². The second-order valence-electron chi connectivity index (χ2n) is 6.56. The van der Waals surface area contributed by atoms with Crippen LogP contribution in [0.2, 0.25) is 0 Å². The van der Waals surface area contributed by atoms with Gasteiger partial charge in [-0.05, 0) is 59.9 Å². The molecular formula is C20H25F. The first-order chi connectivity index (χ1) is 10.0. The summed E-state index contributed by atoms with van der Waals surface area (Å²) in [7, 11) is 0. The Kier molecular flexibility index (Phi) is 5.55.